The van der Waals surface area contributed by atoms with Gasteiger partial charge < -0.3 is 5.32 Å². The summed E-state index contributed by atoms with van der Waals surface area (Å²) in [5.74, 6) is 0. The van der Waals surface area contributed by atoms with Gasteiger partial charge >= 0.3 is 0 Å². The van der Waals surface area contributed by atoms with Gasteiger partial charge in [-0.25, -0.2) is 4.98 Å². The fourth-order valence-corrected chi connectivity index (χ4v) is 2.28. The van der Waals surface area contributed by atoms with E-state index in [2.05, 4.69) is 25.9 Å². The van der Waals surface area contributed by atoms with Crippen molar-refractivity contribution in [3.63, 3.8) is 0 Å². The predicted molar refractivity (Wildman–Crippen MR) is 63.0 cm³/mol. The molecule has 2 aromatic heterocycles. The normalized spacial score (nSPS) is 15.2. The molecule has 1 fully saturated rings. The van der Waals surface area contributed by atoms with E-state index in [9.17, 15) is 0 Å². The molecule has 0 radical (unpaired) electrons. The minimum Gasteiger partial charge on any atom is -0.308 e. The van der Waals surface area contributed by atoms with Crippen LogP contribution in [0.15, 0.2) is 23.8 Å². The van der Waals surface area contributed by atoms with Gasteiger partial charge in [0.05, 0.1) is 18.1 Å². The lowest BCUT2D eigenvalue weighted by molar-refractivity contribution is 0.678. The summed E-state index contributed by atoms with van der Waals surface area (Å²) in [6, 6.07) is 2.66. The molecule has 16 heavy (non-hydrogen) atoms. The van der Waals surface area contributed by atoms with Gasteiger partial charge in [0, 0.05) is 23.5 Å². The van der Waals surface area contributed by atoms with Crippen molar-refractivity contribution in [2.75, 3.05) is 0 Å². The lowest BCUT2D eigenvalue weighted by atomic mass is 10.3. The number of thiazole rings is 1. The minimum atomic E-state index is 0.729. The van der Waals surface area contributed by atoms with E-state index in [1.54, 1.807) is 23.7 Å². The van der Waals surface area contributed by atoms with Gasteiger partial charge in [-0.05, 0) is 18.9 Å². The van der Waals surface area contributed by atoms with Crippen molar-refractivity contribution in [3.8, 4) is 10.6 Å². The summed E-state index contributed by atoms with van der Waals surface area (Å²) < 4.78 is 0. The van der Waals surface area contributed by atoms with Crippen LogP contribution in [0.25, 0.3) is 10.6 Å². The summed E-state index contributed by atoms with van der Waals surface area (Å²) in [6.07, 6.45) is 6.06. The van der Waals surface area contributed by atoms with E-state index in [1.165, 1.54) is 12.8 Å². The standard InChI is InChI=1S/C11H12N4S/c1-2-9(1)12-6-10-7-16-11(15-10)8-3-4-13-14-5-8/h3-5,7,9,12H,1-2,6H2. The third kappa shape index (κ3) is 2.25. The molecule has 0 unspecified atom stereocenters. The topological polar surface area (TPSA) is 50.7 Å². The molecule has 1 saturated carbocycles. The number of nitrogens with zero attached hydrogens (tertiary/aromatic N) is 3. The molecule has 0 saturated heterocycles. The second-order valence-electron chi connectivity index (χ2n) is 3.93. The molecule has 0 atom stereocenters. The van der Waals surface area contributed by atoms with Crippen LogP contribution in [0.1, 0.15) is 18.5 Å². The molecule has 0 aromatic carbocycles. The molecule has 0 bridgehead atoms. The van der Waals surface area contributed by atoms with Crippen molar-refractivity contribution in [2.24, 2.45) is 0 Å². The quantitative estimate of drug-likeness (QED) is 0.874. The monoisotopic (exact) mass is 232 g/mol. The number of rotatable bonds is 4. The molecule has 2 heterocycles. The molecule has 0 aliphatic heterocycles. The fraction of sp³-hybridized carbons (Fsp3) is 0.364. The largest absolute Gasteiger partial charge is 0.308 e. The van der Waals surface area contributed by atoms with Gasteiger partial charge in [-0.2, -0.15) is 10.2 Å². The van der Waals surface area contributed by atoms with Crippen molar-refractivity contribution in [1.82, 2.24) is 20.5 Å². The van der Waals surface area contributed by atoms with E-state index in [4.69, 9.17) is 0 Å². The van der Waals surface area contributed by atoms with Crippen LogP contribution in [0.2, 0.25) is 0 Å². The summed E-state index contributed by atoms with van der Waals surface area (Å²) in [7, 11) is 0. The maximum atomic E-state index is 4.57. The Labute approximate surface area is 97.8 Å². The Morgan fingerprint density at radius 1 is 1.38 bits per heavy atom. The molecule has 82 valence electrons. The first kappa shape index (κ1) is 9.86. The van der Waals surface area contributed by atoms with Crippen LogP contribution < -0.4 is 5.32 Å². The number of nitrogens with one attached hydrogen (secondary N) is 1. The smallest absolute Gasteiger partial charge is 0.125 e. The van der Waals surface area contributed by atoms with Crippen molar-refractivity contribution in [2.45, 2.75) is 25.4 Å². The van der Waals surface area contributed by atoms with Gasteiger partial charge in [0.1, 0.15) is 5.01 Å². The molecular formula is C11H12N4S. The average Bonchev–Trinajstić information content (AvgIpc) is 3.05. The zero-order chi connectivity index (χ0) is 10.8. The van der Waals surface area contributed by atoms with Gasteiger partial charge in [0.2, 0.25) is 0 Å². The minimum absolute atomic E-state index is 0.729. The number of aromatic nitrogens is 3. The molecule has 4 nitrogen and oxygen atoms in total. The lowest BCUT2D eigenvalue weighted by Crippen LogP contribution is -2.15. The third-order valence-corrected chi connectivity index (χ3v) is 3.47. The summed E-state index contributed by atoms with van der Waals surface area (Å²) in [4.78, 5) is 4.57. The van der Waals surface area contributed by atoms with Gasteiger partial charge in [0.25, 0.3) is 0 Å². The van der Waals surface area contributed by atoms with E-state index >= 15 is 0 Å². The summed E-state index contributed by atoms with van der Waals surface area (Å²) >= 11 is 1.66. The summed E-state index contributed by atoms with van der Waals surface area (Å²) in [5.41, 5.74) is 2.15. The first-order chi connectivity index (χ1) is 7.92. The molecule has 1 N–H and O–H groups in total. The van der Waals surface area contributed by atoms with Crippen LogP contribution >= 0.6 is 11.3 Å². The van der Waals surface area contributed by atoms with E-state index in [-0.39, 0.29) is 0 Å². The highest BCUT2D eigenvalue weighted by Crippen LogP contribution is 2.23. The maximum Gasteiger partial charge on any atom is 0.125 e. The predicted octanol–water partition coefficient (Wildman–Crippen LogP) is 1.85. The zero-order valence-electron chi connectivity index (χ0n) is 8.76. The van der Waals surface area contributed by atoms with E-state index in [0.717, 1.165) is 28.9 Å². The second kappa shape index (κ2) is 4.27. The molecule has 3 rings (SSSR count). The fourth-order valence-electron chi connectivity index (χ4n) is 1.47. The zero-order valence-corrected chi connectivity index (χ0v) is 9.57. The lowest BCUT2D eigenvalue weighted by Gasteiger charge is -1.97. The van der Waals surface area contributed by atoms with Gasteiger partial charge in [-0.3, -0.25) is 0 Å². The molecule has 2 aromatic rings. The van der Waals surface area contributed by atoms with Crippen LogP contribution in [0.3, 0.4) is 0 Å². The SMILES string of the molecule is c1cc(-c2nc(CNC3CC3)cs2)cnn1. The number of hydrogen-bond acceptors (Lipinski definition) is 5. The van der Waals surface area contributed by atoms with Crippen LogP contribution in [-0.2, 0) is 6.54 Å². The highest BCUT2D eigenvalue weighted by molar-refractivity contribution is 7.13. The molecule has 0 amide bonds. The highest BCUT2D eigenvalue weighted by Gasteiger charge is 2.20. The third-order valence-electron chi connectivity index (χ3n) is 2.53. The molecule has 1 aliphatic rings. The Kier molecular flexibility index (Phi) is 2.63. The van der Waals surface area contributed by atoms with Crippen LogP contribution in [0.4, 0.5) is 0 Å². The van der Waals surface area contributed by atoms with Crippen molar-refractivity contribution in [3.05, 3.63) is 29.5 Å². The average molecular weight is 232 g/mol. The maximum absolute atomic E-state index is 4.57. The Morgan fingerprint density at radius 3 is 3.06 bits per heavy atom. The Hall–Kier alpha value is -1.33. The second-order valence-corrected chi connectivity index (χ2v) is 4.79. The van der Waals surface area contributed by atoms with Crippen molar-refractivity contribution >= 4 is 11.3 Å². The number of hydrogen-bond donors (Lipinski definition) is 1. The van der Waals surface area contributed by atoms with Crippen LogP contribution in [0, 0.1) is 0 Å². The van der Waals surface area contributed by atoms with E-state index in [1.807, 2.05) is 6.07 Å². The van der Waals surface area contributed by atoms with Crippen molar-refractivity contribution in [1.29, 1.82) is 0 Å². The Morgan fingerprint density at radius 2 is 2.31 bits per heavy atom. The summed E-state index contributed by atoms with van der Waals surface area (Å²) in [5, 5.41) is 14.2. The van der Waals surface area contributed by atoms with Gasteiger partial charge in [-0.15, -0.1) is 11.3 Å². The van der Waals surface area contributed by atoms with Gasteiger partial charge in [0.15, 0.2) is 0 Å². The Balaban J connectivity index is 1.71. The first-order valence-corrected chi connectivity index (χ1v) is 6.24. The Bertz CT molecular complexity index is 464. The molecule has 1 aliphatic carbocycles. The highest BCUT2D eigenvalue weighted by atomic mass is 32.1. The van der Waals surface area contributed by atoms with Crippen LogP contribution in [0.5, 0.6) is 0 Å². The molecule has 0 spiro atoms. The molecule has 5 heteroatoms. The first-order valence-electron chi connectivity index (χ1n) is 5.37. The summed E-state index contributed by atoms with van der Waals surface area (Å²) in [6.45, 7) is 0.875. The van der Waals surface area contributed by atoms with Gasteiger partial charge in [-0.1, -0.05) is 0 Å². The van der Waals surface area contributed by atoms with Crippen LogP contribution in [-0.4, -0.2) is 21.2 Å². The van der Waals surface area contributed by atoms with Crippen molar-refractivity contribution < 1.29 is 0 Å². The molecular weight excluding hydrogens is 220 g/mol. The van der Waals surface area contributed by atoms with E-state index in [0.29, 0.717) is 0 Å². The van der Waals surface area contributed by atoms with E-state index < -0.39 is 0 Å².